The molecule has 0 radical (unpaired) electrons. The van der Waals surface area contributed by atoms with E-state index < -0.39 is 0 Å². The third-order valence-corrected chi connectivity index (χ3v) is 6.23. The highest BCUT2D eigenvalue weighted by Crippen LogP contribution is 2.36. The summed E-state index contributed by atoms with van der Waals surface area (Å²) in [6, 6.07) is 3.81. The lowest BCUT2D eigenvalue weighted by molar-refractivity contribution is 0.0391. The first kappa shape index (κ1) is 19.2. The molecule has 1 saturated heterocycles. The molecule has 0 N–H and O–H groups in total. The molecule has 1 aliphatic rings. The Morgan fingerprint density at radius 2 is 2.14 bits per heavy atom. The first-order valence-electron chi connectivity index (χ1n) is 9.07. The molecule has 1 aromatic carbocycles. The van der Waals surface area contributed by atoms with Gasteiger partial charge in [0.05, 0.1) is 34.6 Å². The van der Waals surface area contributed by atoms with Crippen molar-refractivity contribution in [2.24, 2.45) is 0 Å². The van der Waals surface area contributed by atoms with Gasteiger partial charge in [-0.25, -0.2) is 9.97 Å². The first-order chi connectivity index (χ1) is 13.6. The predicted octanol–water partition coefficient (Wildman–Crippen LogP) is 3.03. The third kappa shape index (κ3) is 4.00. The molecule has 0 spiro atoms. The van der Waals surface area contributed by atoms with Crippen LogP contribution in [0.25, 0.3) is 10.2 Å². The molecule has 146 valence electrons. The maximum absolute atomic E-state index is 13.2. The molecule has 28 heavy (non-hydrogen) atoms. The quantitative estimate of drug-likeness (QED) is 0.635. The van der Waals surface area contributed by atoms with E-state index in [1.165, 1.54) is 23.7 Å². The number of rotatable bonds is 5. The zero-order valence-corrected chi connectivity index (χ0v) is 17.0. The molecule has 1 aliphatic heterocycles. The number of aryl methyl sites for hydroxylation is 1. The SMILES string of the molecule is Cc1ccc(Cl)c2sc(N(CCN3CCOCC3)C(=O)c3cnccn3)nc12. The monoisotopic (exact) mass is 417 g/mol. The minimum absolute atomic E-state index is 0.214. The van der Waals surface area contributed by atoms with E-state index >= 15 is 0 Å². The molecule has 0 aliphatic carbocycles. The number of ether oxygens (including phenoxy) is 1. The number of hydrogen-bond donors (Lipinski definition) is 0. The second kappa shape index (κ2) is 8.48. The van der Waals surface area contributed by atoms with Crippen molar-refractivity contribution < 1.29 is 9.53 Å². The van der Waals surface area contributed by atoms with Crippen LogP contribution in [0.4, 0.5) is 5.13 Å². The molecule has 0 unspecified atom stereocenters. The molecule has 3 heterocycles. The van der Waals surface area contributed by atoms with E-state index in [1.807, 2.05) is 19.1 Å². The van der Waals surface area contributed by atoms with Crippen molar-refractivity contribution in [1.29, 1.82) is 0 Å². The van der Waals surface area contributed by atoms with E-state index in [0.29, 0.717) is 35.6 Å². The van der Waals surface area contributed by atoms with Crippen LogP contribution in [0.3, 0.4) is 0 Å². The molecular weight excluding hydrogens is 398 g/mol. The van der Waals surface area contributed by atoms with Crippen molar-refractivity contribution >= 4 is 44.2 Å². The lowest BCUT2D eigenvalue weighted by Gasteiger charge is -2.29. The number of nitrogens with zero attached hydrogens (tertiary/aromatic N) is 5. The van der Waals surface area contributed by atoms with Crippen LogP contribution in [0.5, 0.6) is 0 Å². The molecule has 3 aromatic rings. The maximum atomic E-state index is 13.2. The zero-order valence-electron chi connectivity index (χ0n) is 15.5. The smallest absolute Gasteiger partial charge is 0.280 e. The van der Waals surface area contributed by atoms with E-state index in [2.05, 4.69) is 14.9 Å². The summed E-state index contributed by atoms with van der Waals surface area (Å²) in [7, 11) is 0. The van der Waals surface area contributed by atoms with Gasteiger partial charge in [-0.2, -0.15) is 0 Å². The molecule has 0 bridgehead atoms. The zero-order chi connectivity index (χ0) is 19.5. The second-order valence-corrected chi connectivity index (χ2v) is 7.92. The normalized spacial score (nSPS) is 15.1. The van der Waals surface area contributed by atoms with Gasteiger partial charge in [0.1, 0.15) is 5.69 Å². The van der Waals surface area contributed by atoms with E-state index in [4.69, 9.17) is 21.3 Å². The fourth-order valence-corrected chi connectivity index (χ4v) is 4.45. The van der Waals surface area contributed by atoms with Crippen molar-refractivity contribution in [3.63, 3.8) is 0 Å². The number of halogens is 1. The third-order valence-electron chi connectivity index (χ3n) is 4.69. The summed E-state index contributed by atoms with van der Waals surface area (Å²) in [6.07, 6.45) is 4.55. The minimum Gasteiger partial charge on any atom is -0.379 e. The summed E-state index contributed by atoms with van der Waals surface area (Å²) in [6.45, 7) is 6.38. The Hall–Kier alpha value is -2.13. The van der Waals surface area contributed by atoms with E-state index in [0.717, 1.165) is 35.4 Å². The summed E-state index contributed by atoms with van der Waals surface area (Å²) < 4.78 is 6.30. The van der Waals surface area contributed by atoms with E-state index in [-0.39, 0.29) is 5.91 Å². The van der Waals surface area contributed by atoms with Crippen LogP contribution >= 0.6 is 22.9 Å². The first-order valence-corrected chi connectivity index (χ1v) is 10.3. The molecule has 1 amide bonds. The van der Waals surface area contributed by atoms with Crippen LogP contribution in [0.1, 0.15) is 16.1 Å². The molecule has 7 nitrogen and oxygen atoms in total. The number of carbonyl (C=O) groups is 1. The average Bonchev–Trinajstić information content (AvgIpc) is 3.19. The number of amides is 1. The van der Waals surface area contributed by atoms with Gasteiger partial charge in [0.25, 0.3) is 5.91 Å². The Kier molecular flexibility index (Phi) is 5.82. The van der Waals surface area contributed by atoms with Crippen molar-refractivity contribution in [3.8, 4) is 0 Å². The number of morpholine rings is 1. The van der Waals surface area contributed by atoms with Gasteiger partial charge < -0.3 is 4.74 Å². The molecule has 1 fully saturated rings. The fourth-order valence-electron chi connectivity index (χ4n) is 3.10. The van der Waals surface area contributed by atoms with Gasteiger partial charge in [0.15, 0.2) is 5.13 Å². The van der Waals surface area contributed by atoms with E-state index in [1.54, 1.807) is 11.1 Å². The van der Waals surface area contributed by atoms with E-state index in [9.17, 15) is 4.79 Å². The topological polar surface area (TPSA) is 71.5 Å². The number of benzene rings is 1. The Morgan fingerprint density at radius 3 is 2.86 bits per heavy atom. The summed E-state index contributed by atoms with van der Waals surface area (Å²) >= 11 is 7.79. The summed E-state index contributed by atoms with van der Waals surface area (Å²) in [5, 5.41) is 1.26. The Labute approximate surface area is 171 Å². The van der Waals surface area contributed by atoms with Crippen molar-refractivity contribution in [1.82, 2.24) is 19.9 Å². The maximum Gasteiger partial charge on any atom is 0.280 e. The van der Waals surface area contributed by atoms with Crippen LogP contribution in [-0.4, -0.2) is 65.2 Å². The Balaban J connectivity index is 1.66. The number of fused-ring (bicyclic) bond motifs is 1. The molecule has 9 heteroatoms. The highest BCUT2D eigenvalue weighted by atomic mass is 35.5. The van der Waals surface area contributed by atoms with Gasteiger partial charge in [0.2, 0.25) is 0 Å². The highest BCUT2D eigenvalue weighted by Gasteiger charge is 2.24. The van der Waals surface area contributed by atoms with Crippen molar-refractivity contribution in [2.75, 3.05) is 44.3 Å². The Bertz CT molecular complexity index is 936. The van der Waals surface area contributed by atoms with Crippen LogP contribution in [0.15, 0.2) is 30.7 Å². The van der Waals surface area contributed by atoms with Crippen LogP contribution in [0, 0.1) is 6.92 Å². The summed E-state index contributed by atoms with van der Waals surface area (Å²) in [5.41, 5.74) is 2.16. The van der Waals surface area contributed by atoms with Crippen molar-refractivity contribution in [2.45, 2.75) is 6.92 Å². The van der Waals surface area contributed by atoms with Gasteiger partial charge in [-0.3, -0.25) is 19.6 Å². The molecule has 4 rings (SSSR count). The predicted molar refractivity (Wildman–Crippen MR) is 110 cm³/mol. The molecular formula is C19H20ClN5O2S. The van der Waals surface area contributed by atoms with Gasteiger partial charge >= 0.3 is 0 Å². The number of aromatic nitrogens is 3. The Morgan fingerprint density at radius 1 is 1.32 bits per heavy atom. The number of carbonyl (C=O) groups excluding carboxylic acids is 1. The lowest BCUT2D eigenvalue weighted by Crippen LogP contribution is -2.43. The van der Waals surface area contributed by atoms with Gasteiger partial charge in [-0.05, 0) is 18.6 Å². The van der Waals surface area contributed by atoms with Gasteiger partial charge in [-0.1, -0.05) is 29.0 Å². The molecule has 2 aromatic heterocycles. The summed E-state index contributed by atoms with van der Waals surface area (Å²) in [4.78, 5) is 30.1. The number of thiazole rings is 1. The van der Waals surface area contributed by atoms with Crippen molar-refractivity contribution in [3.05, 3.63) is 47.0 Å². The van der Waals surface area contributed by atoms with Gasteiger partial charge in [-0.15, -0.1) is 0 Å². The van der Waals surface area contributed by atoms with Gasteiger partial charge in [0, 0.05) is 38.6 Å². The van der Waals surface area contributed by atoms with Crippen LogP contribution in [0.2, 0.25) is 5.02 Å². The standard InChI is InChI=1S/C19H20ClN5O2S/c1-13-2-3-14(20)17-16(13)23-19(28-17)25(7-6-24-8-10-27-11-9-24)18(26)15-12-21-4-5-22-15/h2-5,12H,6-11H2,1H3. The van der Waals surface area contributed by atoms with Crippen LogP contribution < -0.4 is 4.90 Å². The van der Waals surface area contributed by atoms with Crippen LogP contribution in [-0.2, 0) is 4.74 Å². The lowest BCUT2D eigenvalue weighted by atomic mass is 10.2. The fraction of sp³-hybridized carbons (Fsp3) is 0.368. The largest absolute Gasteiger partial charge is 0.379 e. The average molecular weight is 418 g/mol. The number of anilines is 1. The summed E-state index contributed by atoms with van der Waals surface area (Å²) in [5.74, 6) is -0.214. The minimum atomic E-state index is -0.214. The number of hydrogen-bond acceptors (Lipinski definition) is 7. The molecule has 0 saturated carbocycles. The second-order valence-electron chi connectivity index (χ2n) is 6.54. The highest BCUT2D eigenvalue weighted by molar-refractivity contribution is 7.23. The molecule has 0 atom stereocenters.